The Bertz CT molecular complexity index is 417. The molecule has 0 spiro atoms. The van der Waals surface area contributed by atoms with Crippen molar-refractivity contribution in [2.45, 2.75) is 45.6 Å². The van der Waals surface area contributed by atoms with E-state index in [1.807, 2.05) is 25.1 Å². The van der Waals surface area contributed by atoms with E-state index in [9.17, 15) is 9.59 Å². The summed E-state index contributed by atoms with van der Waals surface area (Å²) in [6, 6.07) is 10.3. The SMILES string of the molecule is CCOC(=O)CCC(=O)NC(C)CCc1ccccc1. The lowest BCUT2D eigenvalue weighted by atomic mass is 10.1. The van der Waals surface area contributed by atoms with Crippen molar-refractivity contribution in [3.8, 4) is 0 Å². The lowest BCUT2D eigenvalue weighted by molar-refractivity contribution is -0.144. The smallest absolute Gasteiger partial charge is 0.306 e. The van der Waals surface area contributed by atoms with Crippen LogP contribution in [0.1, 0.15) is 38.7 Å². The molecule has 1 aromatic rings. The summed E-state index contributed by atoms with van der Waals surface area (Å²) in [5.74, 6) is -0.418. The molecule has 0 aliphatic carbocycles. The van der Waals surface area contributed by atoms with Gasteiger partial charge in [0.2, 0.25) is 5.91 Å². The first-order valence-electron chi connectivity index (χ1n) is 7.10. The molecule has 0 heterocycles. The van der Waals surface area contributed by atoms with Gasteiger partial charge in [-0.05, 0) is 32.3 Å². The quantitative estimate of drug-likeness (QED) is 0.743. The number of benzene rings is 1. The summed E-state index contributed by atoms with van der Waals surface area (Å²) >= 11 is 0. The Kier molecular flexibility index (Phi) is 7.40. The molecular weight excluding hydrogens is 254 g/mol. The fraction of sp³-hybridized carbons (Fsp3) is 0.500. The van der Waals surface area contributed by atoms with Gasteiger partial charge in [0, 0.05) is 12.5 Å². The molecular formula is C16H23NO3. The van der Waals surface area contributed by atoms with Crippen molar-refractivity contribution in [2.24, 2.45) is 0 Å². The Morgan fingerprint density at radius 3 is 2.55 bits per heavy atom. The van der Waals surface area contributed by atoms with Crippen LogP contribution in [0.3, 0.4) is 0 Å². The average Bonchev–Trinajstić information content (AvgIpc) is 2.44. The molecule has 0 aliphatic heterocycles. The number of carbonyl (C=O) groups is 2. The van der Waals surface area contributed by atoms with Crippen molar-refractivity contribution in [1.82, 2.24) is 5.32 Å². The van der Waals surface area contributed by atoms with Crippen LogP contribution >= 0.6 is 0 Å². The summed E-state index contributed by atoms with van der Waals surface area (Å²) in [6.07, 6.45) is 2.15. The van der Waals surface area contributed by atoms with Gasteiger partial charge in [-0.25, -0.2) is 0 Å². The molecule has 0 aliphatic rings. The second-order valence-electron chi connectivity index (χ2n) is 4.80. The Labute approximate surface area is 120 Å². The minimum atomic E-state index is -0.320. The Balaban J connectivity index is 2.19. The maximum Gasteiger partial charge on any atom is 0.306 e. The van der Waals surface area contributed by atoms with E-state index >= 15 is 0 Å². The van der Waals surface area contributed by atoms with Gasteiger partial charge in [-0.2, -0.15) is 0 Å². The van der Waals surface area contributed by atoms with Crippen molar-refractivity contribution in [3.63, 3.8) is 0 Å². The third-order valence-electron chi connectivity index (χ3n) is 2.98. The highest BCUT2D eigenvalue weighted by Crippen LogP contribution is 2.05. The van der Waals surface area contributed by atoms with E-state index in [0.29, 0.717) is 6.61 Å². The molecule has 0 saturated heterocycles. The van der Waals surface area contributed by atoms with Gasteiger partial charge in [0.05, 0.1) is 13.0 Å². The number of nitrogens with one attached hydrogen (secondary N) is 1. The highest BCUT2D eigenvalue weighted by molar-refractivity contribution is 5.81. The van der Waals surface area contributed by atoms with Gasteiger partial charge in [-0.3, -0.25) is 9.59 Å². The first-order valence-corrected chi connectivity index (χ1v) is 7.10. The van der Waals surface area contributed by atoms with E-state index in [1.54, 1.807) is 6.92 Å². The van der Waals surface area contributed by atoms with Crippen molar-refractivity contribution in [1.29, 1.82) is 0 Å². The first kappa shape index (κ1) is 16.2. The van der Waals surface area contributed by atoms with Crippen LogP contribution in [0.25, 0.3) is 0 Å². The first-order chi connectivity index (χ1) is 9.61. The maximum atomic E-state index is 11.7. The van der Waals surface area contributed by atoms with Crippen LogP contribution < -0.4 is 5.32 Å². The lowest BCUT2D eigenvalue weighted by Gasteiger charge is -2.13. The number of hydrogen-bond donors (Lipinski definition) is 1. The molecule has 1 aromatic carbocycles. The molecule has 0 radical (unpaired) electrons. The molecule has 4 nitrogen and oxygen atoms in total. The highest BCUT2D eigenvalue weighted by atomic mass is 16.5. The summed E-state index contributed by atoms with van der Waals surface area (Å²) < 4.78 is 4.78. The number of rotatable bonds is 8. The fourth-order valence-corrected chi connectivity index (χ4v) is 1.90. The van der Waals surface area contributed by atoms with Gasteiger partial charge in [0.25, 0.3) is 0 Å². The van der Waals surface area contributed by atoms with Crippen molar-refractivity contribution >= 4 is 11.9 Å². The zero-order chi connectivity index (χ0) is 14.8. The second kappa shape index (κ2) is 9.13. The Morgan fingerprint density at radius 2 is 1.90 bits per heavy atom. The van der Waals surface area contributed by atoms with E-state index in [-0.39, 0.29) is 30.8 Å². The van der Waals surface area contributed by atoms with Gasteiger partial charge in [-0.1, -0.05) is 30.3 Å². The molecule has 1 atom stereocenters. The van der Waals surface area contributed by atoms with E-state index < -0.39 is 0 Å². The molecule has 110 valence electrons. The number of ether oxygens (including phenoxy) is 1. The zero-order valence-corrected chi connectivity index (χ0v) is 12.2. The molecule has 4 heteroatoms. The van der Waals surface area contributed by atoms with Gasteiger partial charge in [0.15, 0.2) is 0 Å². The largest absolute Gasteiger partial charge is 0.466 e. The number of hydrogen-bond acceptors (Lipinski definition) is 3. The number of aryl methyl sites for hydroxylation is 1. The van der Waals surface area contributed by atoms with Gasteiger partial charge < -0.3 is 10.1 Å². The molecule has 1 N–H and O–H groups in total. The number of carbonyl (C=O) groups excluding carboxylic acids is 2. The van der Waals surface area contributed by atoms with Crippen LogP contribution in [0.15, 0.2) is 30.3 Å². The van der Waals surface area contributed by atoms with Gasteiger partial charge >= 0.3 is 5.97 Å². The van der Waals surface area contributed by atoms with Crippen LogP contribution in [0.5, 0.6) is 0 Å². The minimum Gasteiger partial charge on any atom is -0.466 e. The number of amides is 1. The van der Waals surface area contributed by atoms with E-state index in [2.05, 4.69) is 17.4 Å². The third-order valence-corrected chi connectivity index (χ3v) is 2.98. The summed E-state index contributed by atoms with van der Waals surface area (Å²) in [5, 5.41) is 2.90. The predicted molar refractivity (Wildman–Crippen MR) is 78.2 cm³/mol. The highest BCUT2D eigenvalue weighted by Gasteiger charge is 2.10. The molecule has 0 saturated carbocycles. The minimum absolute atomic E-state index is 0.0985. The third kappa shape index (κ3) is 6.92. The topological polar surface area (TPSA) is 55.4 Å². The standard InChI is InChI=1S/C16H23NO3/c1-3-20-16(19)12-11-15(18)17-13(2)9-10-14-7-5-4-6-8-14/h4-8,13H,3,9-12H2,1-2H3,(H,17,18). The van der Waals surface area contributed by atoms with Crippen LogP contribution in [0.4, 0.5) is 0 Å². The number of esters is 1. The molecule has 1 amide bonds. The Hall–Kier alpha value is -1.84. The monoisotopic (exact) mass is 277 g/mol. The normalized spacial score (nSPS) is 11.7. The lowest BCUT2D eigenvalue weighted by Crippen LogP contribution is -2.33. The van der Waals surface area contributed by atoms with Gasteiger partial charge in [0.1, 0.15) is 0 Å². The second-order valence-corrected chi connectivity index (χ2v) is 4.80. The summed E-state index contributed by atoms with van der Waals surface area (Å²) in [4.78, 5) is 22.8. The Morgan fingerprint density at radius 1 is 1.20 bits per heavy atom. The maximum absolute atomic E-state index is 11.7. The molecule has 1 rings (SSSR count). The molecule has 0 bridgehead atoms. The summed E-state index contributed by atoms with van der Waals surface area (Å²) in [7, 11) is 0. The summed E-state index contributed by atoms with van der Waals surface area (Å²) in [5.41, 5.74) is 1.26. The van der Waals surface area contributed by atoms with Crippen LogP contribution in [-0.2, 0) is 20.7 Å². The average molecular weight is 277 g/mol. The van der Waals surface area contributed by atoms with E-state index in [4.69, 9.17) is 4.74 Å². The van der Waals surface area contributed by atoms with Crippen molar-refractivity contribution < 1.29 is 14.3 Å². The predicted octanol–water partition coefficient (Wildman–Crippen LogP) is 2.47. The molecule has 20 heavy (non-hydrogen) atoms. The van der Waals surface area contributed by atoms with Crippen LogP contribution in [0, 0.1) is 0 Å². The molecule has 0 fully saturated rings. The molecule has 0 aromatic heterocycles. The fourth-order valence-electron chi connectivity index (χ4n) is 1.90. The molecule has 1 unspecified atom stereocenters. The van der Waals surface area contributed by atoms with Gasteiger partial charge in [-0.15, -0.1) is 0 Å². The van der Waals surface area contributed by atoms with E-state index in [1.165, 1.54) is 5.56 Å². The van der Waals surface area contributed by atoms with Crippen LogP contribution in [0.2, 0.25) is 0 Å². The van der Waals surface area contributed by atoms with E-state index in [0.717, 1.165) is 12.8 Å². The van der Waals surface area contributed by atoms with Crippen LogP contribution in [-0.4, -0.2) is 24.5 Å². The summed E-state index contributed by atoms with van der Waals surface area (Å²) in [6.45, 7) is 4.09. The zero-order valence-electron chi connectivity index (χ0n) is 12.2. The van der Waals surface area contributed by atoms with Crippen molar-refractivity contribution in [2.75, 3.05) is 6.61 Å². The van der Waals surface area contributed by atoms with Crippen molar-refractivity contribution in [3.05, 3.63) is 35.9 Å².